The minimum atomic E-state index is 0. The molecule has 0 aliphatic carbocycles. The molecule has 0 aromatic rings. The third-order valence-electron chi connectivity index (χ3n) is 0.0373. The van der Waals surface area contributed by atoms with Gasteiger partial charge in [-0.25, -0.2) is 5.26 Å². The molecule has 0 rings (SSSR count). The summed E-state index contributed by atoms with van der Waals surface area (Å²) in [7, 11) is 0. The zero-order valence-corrected chi connectivity index (χ0v) is 9.04. The molecule has 1 N–H and O–H groups in total. The van der Waals surface area contributed by atoms with Crippen LogP contribution >= 0.6 is 0 Å². The molecule has 0 bridgehead atoms. The van der Waals surface area contributed by atoms with E-state index >= 15 is 0 Å². The number of carbonyl (C=O) groups excluding carboxylic acids is 1. The second-order valence-electron chi connectivity index (χ2n) is 0.175. The summed E-state index contributed by atoms with van der Waals surface area (Å²) in [6.07, 6.45) is 0. The second kappa shape index (κ2) is 9.08. The summed E-state index contributed by atoms with van der Waals surface area (Å²) < 4.78 is 0. The predicted octanol–water partition coefficient (Wildman–Crippen LogP) is -3.45. The average Bonchev–Trinajstić information content (AvgIpc) is 1.37. The van der Waals surface area contributed by atoms with Crippen molar-refractivity contribution >= 4 is 6.47 Å². The summed E-state index contributed by atoms with van der Waals surface area (Å²) in [4.78, 5) is 11.3. The topological polar surface area (TPSA) is 46.5 Å². The van der Waals surface area contributed by atoms with Gasteiger partial charge in [0.25, 0.3) is 0 Å². The number of rotatable bonds is 1. The maximum Gasteiger partial charge on any atom is 1.00 e. The standard InChI is InChI=1S/CHO3.Cs/c2-1-4-3;/h3H;/q-1;+1. The average molecular weight is 194 g/mol. The minimum Gasteiger partial charge on any atom is -0.509 e. The van der Waals surface area contributed by atoms with Gasteiger partial charge in [0.05, 0.1) is 0 Å². The van der Waals surface area contributed by atoms with Crippen molar-refractivity contribution in [1.29, 1.82) is 0 Å². The molecule has 0 spiro atoms. The SMILES string of the molecule is O=[C-]OO.[Cs+]. The van der Waals surface area contributed by atoms with Crippen molar-refractivity contribution in [3.63, 3.8) is 0 Å². The first-order chi connectivity index (χ1) is 1.91. The summed E-state index contributed by atoms with van der Waals surface area (Å²) in [5.41, 5.74) is 0. The Balaban J connectivity index is 0. The van der Waals surface area contributed by atoms with Gasteiger partial charge in [0.1, 0.15) is 0 Å². The van der Waals surface area contributed by atoms with E-state index in [-0.39, 0.29) is 68.9 Å². The van der Waals surface area contributed by atoms with Crippen LogP contribution in [-0.2, 0) is 9.68 Å². The fraction of sp³-hybridized carbons (Fsp3) is 0. The van der Waals surface area contributed by atoms with Gasteiger partial charge in [-0.15, -0.1) is 0 Å². The van der Waals surface area contributed by atoms with Crippen LogP contribution in [0.2, 0.25) is 0 Å². The first-order valence-electron chi connectivity index (χ1n) is 0.591. The molecule has 3 nitrogen and oxygen atoms in total. The van der Waals surface area contributed by atoms with E-state index in [0.29, 0.717) is 0 Å². The van der Waals surface area contributed by atoms with Crippen LogP contribution in [0.4, 0.5) is 0 Å². The van der Waals surface area contributed by atoms with Crippen molar-refractivity contribution < 1.29 is 83.8 Å². The van der Waals surface area contributed by atoms with Crippen LogP contribution < -0.4 is 68.9 Å². The van der Waals surface area contributed by atoms with Crippen molar-refractivity contribution in [2.75, 3.05) is 0 Å². The smallest absolute Gasteiger partial charge is 0.509 e. The largest absolute Gasteiger partial charge is 1.00 e. The van der Waals surface area contributed by atoms with E-state index in [1.807, 2.05) is 0 Å². The van der Waals surface area contributed by atoms with Crippen molar-refractivity contribution in [1.82, 2.24) is 0 Å². The molecule has 0 saturated carbocycles. The Morgan fingerprint density at radius 1 is 1.80 bits per heavy atom. The molecule has 0 amide bonds. The van der Waals surface area contributed by atoms with Crippen LogP contribution in [0.25, 0.3) is 0 Å². The van der Waals surface area contributed by atoms with Gasteiger partial charge in [-0.1, -0.05) is 0 Å². The van der Waals surface area contributed by atoms with E-state index in [2.05, 4.69) is 4.89 Å². The van der Waals surface area contributed by atoms with E-state index in [4.69, 9.17) is 10.1 Å². The van der Waals surface area contributed by atoms with Gasteiger partial charge in [-0.2, -0.15) is 0 Å². The summed E-state index contributed by atoms with van der Waals surface area (Å²) in [5.74, 6) is 0. The summed E-state index contributed by atoms with van der Waals surface area (Å²) in [5, 5.41) is 6.95. The van der Waals surface area contributed by atoms with Crippen molar-refractivity contribution in [3.05, 3.63) is 0 Å². The molecular weight excluding hydrogens is 193 g/mol. The van der Waals surface area contributed by atoms with Gasteiger partial charge < -0.3 is 9.68 Å². The van der Waals surface area contributed by atoms with E-state index in [1.165, 1.54) is 0 Å². The normalized spacial score (nSPS) is 4.20. The van der Waals surface area contributed by atoms with E-state index < -0.39 is 0 Å². The fourth-order valence-corrected chi connectivity index (χ4v) is 0. The van der Waals surface area contributed by atoms with Crippen molar-refractivity contribution in [2.45, 2.75) is 0 Å². The zero-order valence-electron chi connectivity index (χ0n) is 2.76. The van der Waals surface area contributed by atoms with E-state index in [0.717, 1.165) is 6.47 Å². The Hall–Kier alpha value is 1.48. The minimum absolute atomic E-state index is 0. The van der Waals surface area contributed by atoms with Crippen LogP contribution in [0, 0.1) is 0 Å². The monoisotopic (exact) mass is 194 g/mol. The summed E-state index contributed by atoms with van der Waals surface area (Å²) in [6.45, 7) is 0.736. The molecule has 0 aliphatic rings. The third-order valence-corrected chi connectivity index (χ3v) is 0.0373. The van der Waals surface area contributed by atoms with E-state index in [1.54, 1.807) is 0 Å². The molecule has 4 heteroatoms. The Labute approximate surface area is 88.0 Å². The molecule has 24 valence electrons. The zero-order chi connectivity index (χ0) is 3.41. The van der Waals surface area contributed by atoms with Gasteiger partial charge in [0.2, 0.25) is 0 Å². The third kappa shape index (κ3) is 10.8. The quantitative estimate of drug-likeness (QED) is 0.268. The molecule has 0 fully saturated rings. The van der Waals surface area contributed by atoms with E-state index in [9.17, 15) is 0 Å². The Kier molecular flexibility index (Phi) is 17.6. The fourth-order valence-electron chi connectivity index (χ4n) is 0. The summed E-state index contributed by atoms with van der Waals surface area (Å²) in [6, 6.07) is 0. The van der Waals surface area contributed by atoms with Gasteiger partial charge in [-0.05, 0) is 6.47 Å². The first kappa shape index (κ1) is 9.70. The molecule has 0 atom stereocenters. The van der Waals surface area contributed by atoms with Crippen molar-refractivity contribution in [2.24, 2.45) is 0 Å². The second-order valence-corrected chi connectivity index (χ2v) is 0.175. The molecule has 0 radical (unpaired) electrons. The molecule has 0 aliphatic heterocycles. The maximum atomic E-state index is 8.58. The molecule has 0 aromatic heterocycles. The summed E-state index contributed by atoms with van der Waals surface area (Å²) >= 11 is 0. The van der Waals surface area contributed by atoms with Gasteiger partial charge in [0.15, 0.2) is 0 Å². The first-order valence-corrected chi connectivity index (χ1v) is 0.591. The molecule has 0 saturated heterocycles. The molecule has 0 unspecified atom stereocenters. The Bertz CT molecular complexity index is 20.9. The Morgan fingerprint density at radius 2 is 2.00 bits per heavy atom. The Morgan fingerprint density at radius 3 is 2.00 bits per heavy atom. The van der Waals surface area contributed by atoms with Crippen LogP contribution in [0.15, 0.2) is 0 Å². The maximum absolute atomic E-state index is 8.58. The van der Waals surface area contributed by atoms with Crippen LogP contribution in [-0.4, -0.2) is 11.7 Å². The van der Waals surface area contributed by atoms with Crippen LogP contribution in [0.3, 0.4) is 0 Å². The number of hydrogen-bond donors (Lipinski definition) is 1. The van der Waals surface area contributed by atoms with Crippen LogP contribution in [0.1, 0.15) is 0 Å². The van der Waals surface area contributed by atoms with Gasteiger partial charge in [0, 0.05) is 0 Å². The number of hydrogen-bond acceptors (Lipinski definition) is 3. The predicted molar refractivity (Wildman–Crippen MR) is 9.41 cm³/mol. The molecule has 0 heterocycles. The van der Waals surface area contributed by atoms with Crippen molar-refractivity contribution in [3.8, 4) is 0 Å². The molecular formula is CHCsO3. The van der Waals surface area contributed by atoms with Gasteiger partial charge in [-0.3, -0.25) is 0 Å². The van der Waals surface area contributed by atoms with Gasteiger partial charge >= 0.3 is 68.9 Å². The van der Waals surface area contributed by atoms with Crippen LogP contribution in [0.5, 0.6) is 0 Å². The molecule has 0 aromatic carbocycles. The molecule has 5 heavy (non-hydrogen) atoms.